The zero-order chi connectivity index (χ0) is 21.8. The van der Waals surface area contributed by atoms with Gasteiger partial charge in [0.1, 0.15) is 0 Å². The molecule has 0 saturated carbocycles. The molecule has 2 amide bonds. The van der Waals surface area contributed by atoms with Crippen LogP contribution in [0.5, 0.6) is 0 Å². The minimum atomic E-state index is -0.353. The fraction of sp³-hybridized carbons (Fsp3) is 0.0952. The van der Waals surface area contributed by atoms with Crippen molar-refractivity contribution in [2.45, 2.75) is 13.3 Å². The van der Waals surface area contributed by atoms with Gasteiger partial charge in [0.25, 0.3) is 5.91 Å². The third-order valence-electron chi connectivity index (χ3n) is 4.37. The molecule has 0 aliphatic carbocycles. The number of nitrogens with one attached hydrogen (secondary N) is 2. The van der Waals surface area contributed by atoms with Crippen LogP contribution in [-0.2, 0) is 11.2 Å². The van der Waals surface area contributed by atoms with E-state index in [1.54, 1.807) is 60.1 Å². The van der Waals surface area contributed by atoms with E-state index in [0.29, 0.717) is 21.9 Å². The highest BCUT2D eigenvalue weighted by Crippen LogP contribution is 2.18. The highest BCUT2D eigenvalue weighted by molar-refractivity contribution is 9.10. The van der Waals surface area contributed by atoms with Crippen LogP contribution < -0.4 is 10.6 Å². The summed E-state index contributed by atoms with van der Waals surface area (Å²) in [7, 11) is 0. The molecule has 2 heterocycles. The molecule has 2 aromatic carbocycles. The molecule has 4 aromatic rings. The summed E-state index contributed by atoms with van der Waals surface area (Å²) in [6.45, 7) is 1.80. The maximum Gasteiger partial charge on any atom is 0.291 e. The second-order valence-electron chi connectivity index (χ2n) is 6.67. The van der Waals surface area contributed by atoms with E-state index in [9.17, 15) is 9.59 Å². The first kappa shape index (κ1) is 20.5. The van der Waals surface area contributed by atoms with Crippen molar-refractivity contribution in [2.75, 3.05) is 10.6 Å². The highest BCUT2D eigenvalue weighted by Gasteiger charge is 2.11. The Hall–Kier alpha value is -3.79. The van der Waals surface area contributed by atoms with Crippen LogP contribution in [0.15, 0.2) is 69.8 Å². The van der Waals surface area contributed by atoms with Crippen molar-refractivity contribution < 1.29 is 14.0 Å². The van der Waals surface area contributed by atoms with Gasteiger partial charge in [0, 0.05) is 11.4 Å². The van der Waals surface area contributed by atoms with E-state index in [1.165, 1.54) is 0 Å². The highest BCUT2D eigenvalue weighted by atomic mass is 79.9. The molecule has 2 aromatic heterocycles. The Labute approximate surface area is 185 Å². The van der Waals surface area contributed by atoms with Crippen LogP contribution >= 0.6 is 15.9 Å². The molecule has 0 unspecified atom stereocenters. The summed E-state index contributed by atoms with van der Waals surface area (Å²) in [5, 5.41) is 17.0. The van der Waals surface area contributed by atoms with Crippen LogP contribution in [-0.4, -0.2) is 32.0 Å². The van der Waals surface area contributed by atoms with Crippen LogP contribution in [0.25, 0.3) is 5.69 Å². The number of aromatic nitrogens is 4. The van der Waals surface area contributed by atoms with Crippen LogP contribution in [0.2, 0.25) is 0 Å². The van der Waals surface area contributed by atoms with E-state index < -0.39 is 0 Å². The molecular weight excluding hydrogens is 464 g/mol. The zero-order valence-electron chi connectivity index (χ0n) is 16.4. The molecule has 31 heavy (non-hydrogen) atoms. The number of aryl methyl sites for hydroxylation is 1. The predicted octanol–water partition coefficient (Wildman–Crippen LogP) is 3.76. The number of carbonyl (C=O) groups excluding carboxylic acids is 2. The van der Waals surface area contributed by atoms with Crippen molar-refractivity contribution in [1.29, 1.82) is 0 Å². The number of tetrazole rings is 1. The second kappa shape index (κ2) is 8.92. The Morgan fingerprint density at radius 2 is 1.84 bits per heavy atom. The average Bonchev–Trinajstić information content (AvgIpc) is 3.38. The molecule has 2 N–H and O–H groups in total. The summed E-state index contributed by atoms with van der Waals surface area (Å²) < 4.78 is 7.30. The molecule has 4 rings (SSSR count). The second-order valence-corrected chi connectivity index (χ2v) is 7.45. The summed E-state index contributed by atoms with van der Waals surface area (Å²) in [6.07, 6.45) is 0.188. The number of carbonyl (C=O) groups is 2. The fourth-order valence-corrected chi connectivity index (χ4v) is 3.22. The summed E-state index contributed by atoms with van der Waals surface area (Å²) in [5.74, 6) is 0.335. The number of hydrogen-bond donors (Lipinski definition) is 2. The molecule has 0 radical (unpaired) electrons. The lowest BCUT2D eigenvalue weighted by atomic mass is 10.1. The quantitative estimate of drug-likeness (QED) is 0.434. The molecule has 0 bridgehead atoms. The fourth-order valence-electron chi connectivity index (χ4n) is 2.91. The minimum absolute atomic E-state index is 0.164. The summed E-state index contributed by atoms with van der Waals surface area (Å²) in [6, 6.07) is 17.5. The van der Waals surface area contributed by atoms with Crippen LogP contribution in [0.3, 0.4) is 0 Å². The van der Waals surface area contributed by atoms with Crippen molar-refractivity contribution in [1.82, 2.24) is 20.2 Å². The third-order valence-corrected chi connectivity index (χ3v) is 4.80. The topological polar surface area (TPSA) is 115 Å². The average molecular weight is 481 g/mol. The molecule has 156 valence electrons. The number of hydrogen-bond acceptors (Lipinski definition) is 6. The van der Waals surface area contributed by atoms with Crippen molar-refractivity contribution in [2.24, 2.45) is 0 Å². The van der Waals surface area contributed by atoms with E-state index in [-0.39, 0.29) is 24.0 Å². The van der Waals surface area contributed by atoms with Crippen molar-refractivity contribution in [3.8, 4) is 5.69 Å². The van der Waals surface area contributed by atoms with Crippen LogP contribution in [0.4, 0.5) is 11.4 Å². The lowest BCUT2D eigenvalue weighted by molar-refractivity contribution is -0.115. The van der Waals surface area contributed by atoms with Crippen LogP contribution in [0.1, 0.15) is 21.9 Å². The standard InChI is InChI=1S/C21H17BrN6O3/c1-13-25-26-27-28(13)17-4-2-3-16(12-17)23-20(29)11-14-5-7-15(8-6-14)24-21(30)18-9-10-19(22)31-18/h2-10,12H,11H2,1H3,(H,23,29)(H,24,30). The molecule has 9 nitrogen and oxygen atoms in total. The Morgan fingerprint density at radius 3 is 2.52 bits per heavy atom. The first-order valence-corrected chi connectivity index (χ1v) is 10.1. The Bertz CT molecular complexity index is 1230. The van der Waals surface area contributed by atoms with Gasteiger partial charge in [-0.05, 0) is 81.3 Å². The van der Waals surface area contributed by atoms with Gasteiger partial charge in [0.05, 0.1) is 12.1 Å². The van der Waals surface area contributed by atoms with E-state index >= 15 is 0 Å². The first-order chi connectivity index (χ1) is 15.0. The van der Waals surface area contributed by atoms with Gasteiger partial charge >= 0.3 is 0 Å². The monoisotopic (exact) mass is 480 g/mol. The number of rotatable bonds is 6. The molecule has 0 aliphatic rings. The Balaban J connectivity index is 1.36. The summed E-state index contributed by atoms with van der Waals surface area (Å²) in [5.41, 5.74) is 2.81. The maximum atomic E-state index is 12.5. The number of halogens is 1. The smallest absolute Gasteiger partial charge is 0.291 e. The largest absolute Gasteiger partial charge is 0.444 e. The Morgan fingerprint density at radius 1 is 1.03 bits per heavy atom. The van der Waals surface area contributed by atoms with Gasteiger partial charge in [-0.3, -0.25) is 9.59 Å². The summed E-state index contributed by atoms with van der Waals surface area (Å²) in [4.78, 5) is 24.6. The summed E-state index contributed by atoms with van der Waals surface area (Å²) >= 11 is 3.16. The third kappa shape index (κ3) is 5.04. The molecule has 10 heteroatoms. The van der Waals surface area contributed by atoms with Gasteiger partial charge in [-0.15, -0.1) is 5.10 Å². The van der Waals surface area contributed by atoms with Gasteiger partial charge in [0.15, 0.2) is 16.3 Å². The van der Waals surface area contributed by atoms with Crippen molar-refractivity contribution in [3.05, 3.63) is 82.5 Å². The lowest BCUT2D eigenvalue weighted by Gasteiger charge is -2.09. The lowest BCUT2D eigenvalue weighted by Crippen LogP contribution is -2.15. The number of benzene rings is 2. The molecular formula is C21H17BrN6O3. The molecule has 0 atom stereocenters. The van der Waals surface area contributed by atoms with Gasteiger partial charge in [0.2, 0.25) is 5.91 Å². The number of amides is 2. The van der Waals surface area contributed by atoms with Gasteiger partial charge < -0.3 is 15.1 Å². The van der Waals surface area contributed by atoms with Crippen molar-refractivity contribution in [3.63, 3.8) is 0 Å². The number of nitrogens with zero attached hydrogens (tertiary/aromatic N) is 4. The minimum Gasteiger partial charge on any atom is -0.444 e. The molecule has 0 saturated heterocycles. The van der Waals surface area contributed by atoms with Crippen molar-refractivity contribution >= 4 is 39.1 Å². The molecule has 0 spiro atoms. The maximum absolute atomic E-state index is 12.5. The van der Waals surface area contributed by atoms with Crippen LogP contribution in [0, 0.1) is 6.92 Å². The predicted molar refractivity (Wildman–Crippen MR) is 117 cm³/mol. The van der Waals surface area contributed by atoms with Gasteiger partial charge in [-0.2, -0.15) is 4.68 Å². The Kier molecular flexibility index (Phi) is 5.89. The molecule has 0 aliphatic heterocycles. The first-order valence-electron chi connectivity index (χ1n) is 9.29. The molecule has 0 fully saturated rings. The normalized spacial score (nSPS) is 10.6. The SMILES string of the molecule is Cc1nnnn1-c1cccc(NC(=O)Cc2ccc(NC(=O)c3ccc(Br)o3)cc2)c1. The van der Waals surface area contributed by atoms with Gasteiger partial charge in [-0.25, -0.2) is 0 Å². The van der Waals surface area contributed by atoms with E-state index in [0.717, 1.165) is 11.3 Å². The number of anilines is 2. The van der Waals surface area contributed by atoms with E-state index in [4.69, 9.17) is 4.42 Å². The number of furan rings is 1. The van der Waals surface area contributed by atoms with Gasteiger partial charge in [-0.1, -0.05) is 18.2 Å². The van der Waals surface area contributed by atoms with E-state index in [2.05, 4.69) is 42.1 Å². The van der Waals surface area contributed by atoms with E-state index in [1.807, 2.05) is 12.1 Å². The zero-order valence-corrected chi connectivity index (χ0v) is 18.0.